The number of carbonyl (C=O) groups is 4. The van der Waals surface area contributed by atoms with Crippen LogP contribution < -0.4 is 10.6 Å². The van der Waals surface area contributed by atoms with Crippen molar-refractivity contribution in [3.05, 3.63) is 29.8 Å². The molecule has 8 nitrogen and oxygen atoms in total. The van der Waals surface area contributed by atoms with E-state index in [9.17, 15) is 19.2 Å². The fraction of sp³-hybridized carbons (Fsp3) is 0.474. The number of amides is 4. The highest BCUT2D eigenvalue weighted by atomic mass is 16.5. The quantitative estimate of drug-likeness (QED) is 0.621. The van der Waals surface area contributed by atoms with E-state index in [-0.39, 0.29) is 17.2 Å². The van der Waals surface area contributed by atoms with Crippen LogP contribution in [0.25, 0.3) is 0 Å². The Morgan fingerprint density at radius 1 is 1.15 bits per heavy atom. The van der Waals surface area contributed by atoms with Gasteiger partial charge in [-0.3, -0.25) is 14.5 Å². The van der Waals surface area contributed by atoms with E-state index < -0.39 is 30.0 Å². The average molecular weight is 373 g/mol. The number of carbonyl (C=O) groups excluding carboxylic acids is 4. The molecule has 1 saturated carbocycles. The third kappa shape index (κ3) is 3.79. The second-order valence-corrected chi connectivity index (χ2v) is 6.90. The van der Waals surface area contributed by atoms with Crippen molar-refractivity contribution in [2.45, 2.75) is 44.1 Å². The summed E-state index contributed by atoms with van der Waals surface area (Å²) in [5, 5.41) is 5.38. The lowest BCUT2D eigenvalue weighted by molar-refractivity contribution is -0.134. The number of imide groups is 1. The van der Waals surface area contributed by atoms with E-state index >= 15 is 0 Å². The van der Waals surface area contributed by atoms with E-state index in [4.69, 9.17) is 4.74 Å². The summed E-state index contributed by atoms with van der Waals surface area (Å²) in [6, 6.07) is 5.85. The Labute approximate surface area is 157 Å². The molecule has 2 aliphatic rings. The van der Waals surface area contributed by atoms with Crippen LogP contribution in [0.5, 0.6) is 0 Å². The maximum Gasteiger partial charge on any atom is 0.339 e. The maximum absolute atomic E-state index is 12.8. The van der Waals surface area contributed by atoms with E-state index in [2.05, 4.69) is 10.6 Å². The molecular weight excluding hydrogens is 350 g/mol. The number of urea groups is 1. The molecule has 0 atom stereocenters. The second kappa shape index (κ2) is 7.77. The minimum absolute atomic E-state index is 0.200. The molecule has 1 saturated heterocycles. The van der Waals surface area contributed by atoms with Gasteiger partial charge in [0.25, 0.3) is 5.91 Å². The molecule has 0 bridgehead atoms. The van der Waals surface area contributed by atoms with Crippen LogP contribution in [0.2, 0.25) is 0 Å². The molecule has 1 heterocycles. The molecule has 1 aromatic rings. The van der Waals surface area contributed by atoms with E-state index in [1.54, 1.807) is 18.2 Å². The summed E-state index contributed by atoms with van der Waals surface area (Å²) in [5.41, 5.74) is -0.408. The Hall–Kier alpha value is -2.90. The Bertz CT molecular complexity index is 768. The highest BCUT2D eigenvalue weighted by Gasteiger charge is 2.51. The number of hydrogen-bond acceptors (Lipinski definition) is 5. The molecule has 27 heavy (non-hydrogen) atoms. The van der Waals surface area contributed by atoms with Crippen molar-refractivity contribution in [2.24, 2.45) is 0 Å². The van der Waals surface area contributed by atoms with Gasteiger partial charge in [-0.05, 0) is 25.0 Å². The van der Waals surface area contributed by atoms with Crippen LogP contribution in [0, 0.1) is 0 Å². The topological polar surface area (TPSA) is 105 Å². The predicted molar refractivity (Wildman–Crippen MR) is 97.1 cm³/mol. The first kappa shape index (κ1) is 18.9. The summed E-state index contributed by atoms with van der Waals surface area (Å²) in [5.74, 6) is -1.48. The number of hydrogen-bond donors (Lipinski definition) is 2. The number of methoxy groups -OCH3 is 1. The Balaban J connectivity index is 1.70. The van der Waals surface area contributed by atoms with Crippen molar-refractivity contribution in [1.82, 2.24) is 10.2 Å². The normalized spacial score (nSPS) is 18.8. The molecule has 1 aromatic carbocycles. The molecule has 1 aliphatic carbocycles. The van der Waals surface area contributed by atoms with E-state index in [1.807, 2.05) is 0 Å². The summed E-state index contributed by atoms with van der Waals surface area (Å²) >= 11 is 0. The van der Waals surface area contributed by atoms with Gasteiger partial charge in [0.05, 0.1) is 18.4 Å². The van der Waals surface area contributed by atoms with Crippen molar-refractivity contribution < 1.29 is 23.9 Å². The van der Waals surface area contributed by atoms with Crippen LogP contribution in [0.1, 0.15) is 48.9 Å². The lowest BCUT2D eigenvalue weighted by Crippen LogP contribution is -2.47. The zero-order valence-corrected chi connectivity index (χ0v) is 15.2. The van der Waals surface area contributed by atoms with Crippen molar-refractivity contribution in [3.8, 4) is 0 Å². The first-order valence-electron chi connectivity index (χ1n) is 9.08. The van der Waals surface area contributed by atoms with E-state index in [1.165, 1.54) is 13.2 Å². The lowest BCUT2D eigenvalue weighted by Gasteiger charge is -2.24. The molecular formula is C19H23N3O5. The number of nitrogens with zero attached hydrogens (tertiary/aromatic N) is 1. The summed E-state index contributed by atoms with van der Waals surface area (Å²) in [6.07, 6.45) is 5.02. The summed E-state index contributed by atoms with van der Waals surface area (Å²) < 4.78 is 4.69. The van der Waals surface area contributed by atoms with Crippen molar-refractivity contribution >= 4 is 29.5 Å². The van der Waals surface area contributed by atoms with Gasteiger partial charge in [-0.1, -0.05) is 37.8 Å². The predicted octanol–water partition coefficient (Wildman–Crippen LogP) is 2.06. The molecule has 0 radical (unpaired) electrons. The van der Waals surface area contributed by atoms with Gasteiger partial charge >= 0.3 is 12.0 Å². The number of rotatable bonds is 4. The maximum atomic E-state index is 12.8. The number of ether oxygens (including phenoxy) is 1. The highest BCUT2D eigenvalue weighted by molar-refractivity contribution is 6.10. The molecule has 1 aliphatic heterocycles. The van der Waals surface area contributed by atoms with Crippen molar-refractivity contribution in [2.75, 3.05) is 19.0 Å². The number of anilines is 1. The number of para-hydroxylation sites is 1. The third-order valence-electron chi connectivity index (χ3n) is 5.11. The molecule has 0 aromatic heterocycles. The molecule has 2 fully saturated rings. The van der Waals surface area contributed by atoms with Crippen LogP contribution in [0.15, 0.2) is 24.3 Å². The van der Waals surface area contributed by atoms with Gasteiger partial charge in [-0.2, -0.15) is 0 Å². The molecule has 4 amide bonds. The van der Waals surface area contributed by atoms with Gasteiger partial charge in [-0.25, -0.2) is 9.59 Å². The van der Waals surface area contributed by atoms with Gasteiger partial charge in [0, 0.05) is 0 Å². The smallest absolute Gasteiger partial charge is 0.339 e. The summed E-state index contributed by atoms with van der Waals surface area (Å²) in [7, 11) is 1.25. The van der Waals surface area contributed by atoms with Crippen LogP contribution in [0.4, 0.5) is 10.5 Å². The first-order valence-corrected chi connectivity index (χ1v) is 9.08. The summed E-state index contributed by atoms with van der Waals surface area (Å²) in [4.78, 5) is 50.3. The molecule has 1 spiro atoms. The van der Waals surface area contributed by atoms with Gasteiger partial charge in [-0.15, -0.1) is 0 Å². The van der Waals surface area contributed by atoms with Crippen molar-refractivity contribution in [3.63, 3.8) is 0 Å². The minimum Gasteiger partial charge on any atom is -0.465 e. The van der Waals surface area contributed by atoms with Crippen LogP contribution in [-0.2, 0) is 14.3 Å². The molecule has 2 N–H and O–H groups in total. The van der Waals surface area contributed by atoms with Gasteiger partial charge in [0.15, 0.2) is 0 Å². The molecule has 0 unspecified atom stereocenters. The van der Waals surface area contributed by atoms with Gasteiger partial charge < -0.3 is 15.4 Å². The fourth-order valence-electron chi connectivity index (χ4n) is 3.70. The average Bonchev–Trinajstić information content (AvgIpc) is 2.83. The molecule has 144 valence electrons. The number of benzene rings is 1. The Morgan fingerprint density at radius 2 is 1.81 bits per heavy atom. The number of esters is 1. The van der Waals surface area contributed by atoms with Gasteiger partial charge in [0.2, 0.25) is 5.91 Å². The fourth-order valence-corrected chi connectivity index (χ4v) is 3.70. The van der Waals surface area contributed by atoms with Gasteiger partial charge in [0.1, 0.15) is 12.1 Å². The van der Waals surface area contributed by atoms with Crippen molar-refractivity contribution in [1.29, 1.82) is 0 Å². The summed E-state index contributed by atoms with van der Waals surface area (Å²) in [6.45, 7) is -0.401. The largest absolute Gasteiger partial charge is 0.465 e. The van der Waals surface area contributed by atoms with E-state index in [0.29, 0.717) is 12.8 Å². The van der Waals surface area contributed by atoms with Crippen LogP contribution >= 0.6 is 0 Å². The standard InChI is InChI=1S/C19H23N3O5/c1-27-16(24)13-8-4-5-9-14(13)20-15(23)12-22-17(25)19(21-18(22)26)10-6-2-3-7-11-19/h4-5,8-9H,2-3,6-7,10-12H2,1H3,(H,20,23)(H,21,26). The Morgan fingerprint density at radius 3 is 2.48 bits per heavy atom. The highest BCUT2D eigenvalue weighted by Crippen LogP contribution is 2.32. The van der Waals surface area contributed by atoms with Crippen LogP contribution in [0.3, 0.4) is 0 Å². The SMILES string of the molecule is COC(=O)c1ccccc1NC(=O)CN1C(=O)NC2(CCCCCC2)C1=O. The molecule has 3 rings (SSSR count). The third-order valence-corrected chi connectivity index (χ3v) is 5.11. The van der Waals surface area contributed by atoms with E-state index in [0.717, 1.165) is 30.6 Å². The zero-order valence-electron chi connectivity index (χ0n) is 15.2. The second-order valence-electron chi connectivity index (χ2n) is 6.90. The lowest BCUT2D eigenvalue weighted by atomic mass is 9.90. The van der Waals surface area contributed by atoms with Crippen LogP contribution in [-0.4, -0.2) is 47.9 Å². The minimum atomic E-state index is -0.877. The first-order chi connectivity index (χ1) is 13.0. The molecule has 8 heteroatoms. The number of nitrogens with one attached hydrogen (secondary N) is 2. The Kier molecular flexibility index (Phi) is 5.43. The monoisotopic (exact) mass is 373 g/mol. The zero-order chi connectivity index (χ0) is 19.4.